The zero-order chi connectivity index (χ0) is 12.0. The maximum atomic E-state index is 11.3. The molecular formula is C12H23NO3. The molecule has 0 spiro atoms. The van der Waals surface area contributed by atoms with Gasteiger partial charge in [-0.2, -0.15) is 0 Å². The van der Waals surface area contributed by atoms with Crippen molar-refractivity contribution in [2.24, 2.45) is 11.8 Å². The smallest absolute Gasteiger partial charge is 0.309 e. The molecule has 0 saturated heterocycles. The molecule has 0 aromatic rings. The van der Waals surface area contributed by atoms with E-state index in [0.29, 0.717) is 19.1 Å². The Hall–Kier alpha value is -0.610. The van der Waals surface area contributed by atoms with Crippen LogP contribution in [0.1, 0.15) is 33.1 Å². The van der Waals surface area contributed by atoms with Gasteiger partial charge in [-0.3, -0.25) is 4.79 Å². The number of hydrogen-bond acceptors (Lipinski definition) is 4. The fourth-order valence-corrected chi connectivity index (χ4v) is 2.11. The van der Waals surface area contributed by atoms with Gasteiger partial charge in [-0.25, -0.2) is 0 Å². The molecular weight excluding hydrogens is 206 g/mol. The van der Waals surface area contributed by atoms with Crippen LogP contribution in [0.4, 0.5) is 0 Å². The summed E-state index contributed by atoms with van der Waals surface area (Å²) in [5.74, 6) is 0.331. The summed E-state index contributed by atoms with van der Waals surface area (Å²) in [6, 6.07) is 0. The van der Waals surface area contributed by atoms with Crippen LogP contribution in [0.5, 0.6) is 0 Å². The van der Waals surface area contributed by atoms with Crippen molar-refractivity contribution in [3.63, 3.8) is 0 Å². The average molecular weight is 229 g/mol. The Labute approximate surface area is 97.4 Å². The third-order valence-electron chi connectivity index (χ3n) is 3.09. The molecule has 0 aliphatic heterocycles. The van der Waals surface area contributed by atoms with Crippen molar-refractivity contribution in [3.05, 3.63) is 0 Å². The van der Waals surface area contributed by atoms with Crippen molar-refractivity contribution in [2.45, 2.75) is 39.2 Å². The van der Waals surface area contributed by atoms with Crippen LogP contribution in [0, 0.1) is 11.8 Å². The standard InChI is InChI=1S/C12H23NO3/c1-3-16-12(15)9(2)7-13-8-10-4-5-11(14)6-10/h9-11,13-14H,3-8H2,1-2H3. The highest BCUT2D eigenvalue weighted by Crippen LogP contribution is 2.24. The second kappa shape index (κ2) is 6.86. The van der Waals surface area contributed by atoms with Crippen LogP contribution >= 0.6 is 0 Å². The topological polar surface area (TPSA) is 58.6 Å². The van der Waals surface area contributed by atoms with Gasteiger partial charge in [-0.15, -0.1) is 0 Å². The van der Waals surface area contributed by atoms with Gasteiger partial charge >= 0.3 is 5.97 Å². The van der Waals surface area contributed by atoms with Gasteiger partial charge in [0.05, 0.1) is 18.6 Å². The molecule has 94 valence electrons. The van der Waals surface area contributed by atoms with Crippen LogP contribution in [0.3, 0.4) is 0 Å². The van der Waals surface area contributed by atoms with E-state index in [1.165, 1.54) is 0 Å². The van der Waals surface area contributed by atoms with Gasteiger partial charge in [0.25, 0.3) is 0 Å². The third-order valence-corrected chi connectivity index (χ3v) is 3.09. The van der Waals surface area contributed by atoms with E-state index < -0.39 is 0 Å². The second-order valence-corrected chi connectivity index (χ2v) is 4.64. The number of carbonyl (C=O) groups is 1. The molecule has 0 aromatic heterocycles. The molecule has 1 aliphatic carbocycles. The van der Waals surface area contributed by atoms with Crippen molar-refractivity contribution < 1.29 is 14.6 Å². The number of rotatable bonds is 6. The molecule has 0 heterocycles. The van der Waals surface area contributed by atoms with Gasteiger partial charge in [0.1, 0.15) is 0 Å². The lowest BCUT2D eigenvalue weighted by atomic mass is 10.1. The Bertz CT molecular complexity index is 220. The highest BCUT2D eigenvalue weighted by Gasteiger charge is 2.22. The normalized spacial score (nSPS) is 26.7. The van der Waals surface area contributed by atoms with Gasteiger partial charge in [0.2, 0.25) is 0 Å². The maximum absolute atomic E-state index is 11.3. The number of nitrogens with one attached hydrogen (secondary N) is 1. The minimum Gasteiger partial charge on any atom is -0.466 e. The predicted octanol–water partition coefficient (Wildman–Crippen LogP) is 0.936. The summed E-state index contributed by atoms with van der Waals surface area (Å²) in [5.41, 5.74) is 0. The summed E-state index contributed by atoms with van der Waals surface area (Å²) in [5, 5.41) is 12.6. The van der Waals surface area contributed by atoms with Crippen molar-refractivity contribution in [3.8, 4) is 0 Å². The summed E-state index contributed by atoms with van der Waals surface area (Å²) in [4.78, 5) is 11.3. The zero-order valence-corrected chi connectivity index (χ0v) is 10.2. The Kier molecular flexibility index (Phi) is 5.77. The summed E-state index contributed by atoms with van der Waals surface area (Å²) >= 11 is 0. The first kappa shape index (κ1) is 13.5. The van der Waals surface area contributed by atoms with E-state index in [1.807, 2.05) is 13.8 Å². The zero-order valence-electron chi connectivity index (χ0n) is 10.2. The van der Waals surface area contributed by atoms with Gasteiger partial charge in [-0.05, 0) is 38.6 Å². The van der Waals surface area contributed by atoms with Crippen molar-refractivity contribution in [2.75, 3.05) is 19.7 Å². The SMILES string of the molecule is CCOC(=O)C(C)CNCC1CCC(O)C1. The number of carbonyl (C=O) groups excluding carboxylic acids is 1. The van der Waals surface area contributed by atoms with E-state index in [1.54, 1.807) is 0 Å². The van der Waals surface area contributed by atoms with E-state index in [9.17, 15) is 9.90 Å². The quantitative estimate of drug-likeness (QED) is 0.665. The molecule has 2 N–H and O–H groups in total. The minimum absolute atomic E-state index is 0.0914. The highest BCUT2D eigenvalue weighted by atomic mass is 16.5. The Morgan fingerprint density at radius 1 is 1.56 bits per heavy atom. The van der Waals surface area contributed by atoms with Gasteiger partial charge < -0.3 is 15.2 Å². The van der Waals surface area contributed by atoms with Crippen LogP contribution < -0.4 is 5.32 Å². The number of aliphatic hydroxyl groups is 1. The molecule has 0 bridgehead atoms. The minimum atomic E-state index is -0.138. The molecule has 16 heavy (non-hydrogen) atoms. The Morgan fingerprint density at radius 2 is 2.31 bits per heavy atom. The number of ether oxygens (including phenoxy) is 1. The summed E-state index contributed by atoms with van der Waals surface area (Å²) in [6.07, 6.45) is 2.77. The van der Waals surface area contributed by atoms with Crippen LogP contribution in [0.25, 0.3) is 0 Å². The first-order valence-electron chi connectivity index (χ1n) is 6.18. The van der Waals surface area contributed by atoms with E-state index in [2.05, 4.69) is 5.32 Å². The highest BCUT2D eigenvalue weighted by molar-refractivity contribution is 5.72. The monoisotopic (exact) mass is 229 g/mol. The van der Waals surface area contributed by atoms with Crippen molar-refractivity contribution >= 4 is 5.97 Å². The predicted molar refractivity (Wildman–Crippen MR) is 62.0 cm³/mol. The van der Waals surface area contributed by atoms with Crippen LogP contribution in [-0.2, 0) is 9.53 Å². The van der Waals surface area contributed by atoms with Crippen molar-refractivity contribution in [1.29, 1.82) is 0 Å². The molecule has 4 nitrogen and oxygen atoms in total. The first-order chi connectivity index (χ1) is 7.63. The van der Waals surface area contributed by atoms with E-state index in [-0.39, 0.29) is 18.0 Å². The fourth-order valence-electron chi connectivity index (χ4n) is 2.11. The second-order valence-electron chi connectivity index (χ2n) is 4.64. The van der Waals surface area contributed by atoms with Gasteiger partial charge in [-0.1, -0.05) is 6.92 Å². The lowest BCUT2D eigenvalue weighted by molar-refractivity contribution is -0.147. The molecule has 0 aromatic carbocycles. The van der Waals surface area contributed by atoms with Crippen LogP contribution in [0.2, 0.25) is 0 Å². The Morgan fingerprint density at radius 3 is 2.88 bits per heavy atom. The van der Waals surface area contributed by atoms with Gasteiger partial charge in [0, 0.05) is 6.54 Å². The lowest BCUT2D eigenvalue weighted by Gasteiger charge is -2.14. The molecule has 3 unspecified atom stereocenters. The van der Waals surface area contributed by atoms with Crippen molar-refractivity contribution in [1.82, 2.24) is 5.32 Å². The summed E-state index contributed by atoms with van der Waals surface area (Å²) < 4.78 is 4.92. The van der Waals surface area contributed by atoms with E-state index in [0.717, 1.165) is 25.8 Å². The molecule has 0 amide bonds. The van der Waals surface area contributed by atoms with E-state index in [4.69, 9.17) is 4.74 Å². The first-order valence-corrected chi connectivity index (χ1v) is 6.18. The molecule has 3 atom stereocenters. The number of esters is 1. The molecule has 1 rings (SSSR count). The van der Waals surface area contributed by atoms with Crippen LogP contribution in [-0.4, -0.2) is 36.9 Å². The summed E-state index contributed by atoms with van der Waals surface area (Å²) in [6.45, 7) is 5.68. The molecule has 0 radical (unpaired) electrons. The molecule has 4 heteroatoms. The lowest BCUT2D eigenvalue weighted by Crippen LogP contribution is -2.31. The molecule has 1 saturated carbocycles. The third kappa shape index (κ3) is 4.49. The largest absolute Gasteiger partial charge is 0.466 e. The van der Waals surface area contributed by atoms with E-state index >= 15 is 0 Å². The maximum Gasteiger partial charge on any atom is 0.309 e. The average Bonchev–Trinajstić information content (AvgIpc) is 2.64. The fraction of sp³-hybridized carbons (Fsp3) is 0.917. The number of hydrogen-bond donors (Lipinski definition) is 2. The molecule has 1 fully saturated rings. The molecule has 1 aliphatic rings. The number of aliphatic hydroxyl groups excluding tert-OH is 1. The Balaban J connectivity index is 2.08. The summed E-state index contributed by atoms with van der Waals surface area (Å²) in [7, 11) is 0. The van der Waals surface area contributed by atoms with Crippen LogP contribution in [0.15, 0.2) is 0 Å². The van der Waals surface area contributed by atoms with Gasteiger partial charge in [0.15, 0.2) is 0 Å².